The number of carbonyl (C=O) groups is 1. The lowest BCUT2D eigenvalue weighted by Gasteiger charge is -2.14. The Labute approximate surface area is 198 Å². The van der Waals surface area contributed by atoms with Crippen LogP contribution in [0.15, 0.2) is 70.6 Å². The maximum absolute atomic E-state index is 13.9. The SMILES string of the molecule is Cc1cc(C(F)C(=O)O)cc(Cl)c1Oc1ccc2[nH]cc(S(=O)(=O)c3ccc(Cl)cc3)c2c1. The van der Waals surface area contributed by atoms with Gasteiger partial charge in [0, 0.05) is 22.1 Å². The van der Waals surface area contributed by atoms with Gasteiger partial charge in [-0.1, -0.05) is 23.2 Å². The van der Waals surface area contributed by atoms with E-state index in [1.807, 2.05) is 0 Å². The van der Waals surface area contributed by atoms with E-state index in [4.69, 9.17) is 33.0 Å². The molecule has 33 heavy (non-hydrogen) atoms. The van der Waals surface area contributed by atoms with Gasteiger partial charge in [0.1, 0.15) is 11.5 Å². The molecule has 0 radical (unpaired) electrons. The van der Waals surface area contributed by atoms with Crippen molar-refractivity contribution in [3.05, 3.63) is 82.0 Å². The monoisotopic (exact) mass is 507 g/mol. The third-order valence-electron chi connectivity index (χ3n) is 5.01. The molecule has 1 atom stereocenters. The molecule has 1 aromatic heterocycles. The smallest absolute Gasteiger partial charge is 0.343 e. The quantitative estimate of drug-likeness (QED) is 0.310. The van der Waals surface area contributed by atoms with Crippen molar-refractivity contribution in [1.29, 1.82) is 0 Å². The van der Waals surface area contributed by atoms with Gasteiger partial charge in [0.15, 0.2) is 0 Å². The van der Waals surface area contributed by atoms with Crippen LogP contribution in [0, 0.1) is 6.92 Å². The number of H-pyrrole nitrogens is 1. The molecule has 0 aliphatic carbocycles. The molecule has 0 bridgehead atoms. The number of sulfone groups is 1. The Balaban J connectivity index is 1.73. The van der Waals surface area contributed by atoms with Gasteiger partial charge in [-0.3, -0.25) is 0 Å². The number of aromatic nitrogens is 1. The van der Waals surface area contributed by atoms with Crippen LogP contribution in [0.25, 0.3) is 10.9 Å². The first-order valence-electron chi connectivity index (χ1n) is 9.54. The summed E-state index contributed by atoms with van der Waals surface area (Å²) >= 11 is 12.1. The van der Waals surface area contributed by atoms with Crippen LogP contribution in [0.4, 0.5) is 4.39 Å². The van der Waals surface area contributed by atoms with E-state index in [0.717, 1.165) is 0 Å². The average Bonchev–Trinajstić information content (AvgIpc) is 3.20. The fourth-order valence-electron chi connectivity index (χ4n) is 3.39. The van der Waals surface area contributed by atoms with Crippen molar-refractivity contribution in [2.45, 2.75) is 22.9 Å². The molecule has 10 heteroatoms. The fraction of sp³-hybridized carbons (Fsp3) is 0.0870. The molecule has 4 aromatic rings. The molecule has 0 aliphatic heterocycles. The molecule has 3 aromatic carbocycles. The normalized spacial score (nSPS) is 12.6. The number of aromatic amines is 1. The molecular formula is C23H16Cl2FNO5S. The summed E-state index contributed by atoms with van der Waals surface area (Å²) in [6.07, 6.45) is -0.814. The Morgan fingerprint density at radius 2 is 1.79 bits per heavy atom. The summed E-state index contributed by atoms with van der Waals surface area (Å²) in [5.74, 6) is -1.12. The Kier molecular flexibility index (Phi) is 6.09. The summed E-state index contributed by atoms with van der Waals surface area (Å²) in [6, 6.07) is 13.2. The Morgan fingerprint density at radius 3 is 2.42 bits per heavy atom. The van der Waals surface area contributed by atoms with E-state index in [-0.39, 0.29) is 26.1 Å². The number of alkyl halides is 1. The van der Waals surface area contributed by atoms with Gasteiger partial charge in [0.05, 0.1) is 14.8 Å². The third-order valence-corrected chi connectivity index (χ3v) is 7.35. The van der Waals surface area contributed by atoms with Gasteiger partial charge in [-0.05, 0) is 72.6 Å². The number of halogens is 3. The van der Waals surface area contributed by atoms with Gasteiger partial charge in [0.25, 0.3) is 0 Å². The molecule has 170 valence electrons. The second-order valence-corrected chi connectivity index (χ2v) is 10.0. The van der Waals surface area contributed by atoms with Crippen LogP contribution in [0.2, 0.25) is 10.0 Å². The Hall–Kier alpha value is -3.07. The van der Waals surface area contributed by atoms with E-state index in [2.05, 4.69) is 4.98 Å². The lowest BCUT2D eigenvalue weighted by atomic mass is 10.1. The fourth-order valence-corrected chi connectivity index (χ4v) is 5.25. The number of ether oxygens (including phenoxy) is 1. The summed E-state index contributed by atoms with van der Waals surface area (Å²) in [4.78, 5) is 14.0. The van der Waals surface area contributed by atoms with Crippen molar-refractivity contribution in [1.82, 2.24) is 4.98 Å². The first kappa shape index (κ1) is 23.1. The molecule has 0 saturated carbocycles. The maximum atomic E-state index is 13.9. The second kappa shape index (κ2) is 8.70. The lowest BCUT2D eigenvalue weighted by molar-refractivity contribution is -0.143. The number of aryl methyl sites for hydroxylation is 1. The number of rotatable bonds is 6. The highest BCUT2D eigenvalue weighted by atomic mass is 35.5. The van der Waals surface area contributed by atoms with Gasteiger partial charge in [-0.25, -0.2) is 17.6 Å². The number of hydrogen-bond acceptors (Lipinski definition) is 4. The molecule has 0 aliphatic rings. The van der Waals surface area contributed by atoms with Crippen molar-refractivity contribution in [3.63, 3.8) is 0 Å². The summed E-state index contributed by atoms with van der Waals surface area (Å²) in [7, 11) is -3.84. The van der Waals surface area contributed by atoms with E-state index in [1.54, 1.807) is 25.1 Å². The summed E-state index contributed by atoms with van der Waals surface area (Å²) in [5.41, 5.74) is 0.897. The molecule has 0 amide bonds. The van der Waals surface area contributed by atoms with Gasteiger partial charge in [-0.2, -0.15) is 0 Å². The predicted octanol–water partition coefficient (Wildman–Crippen LogP) is 6.50. The highest BCUT2D eigenvalue weighted by Crippen LogP contribution is 2.38. The molecule has 1 unspecified atom stereocenters. The minimum absolute atomic E-state index is 0.0251. The number of aliphatic carboxylic acids is 1. The Bertz CT molecular complexity index is 1460. The zero-order valence-corrected chi connectivity index (χ0v) is 19.3. The largest absolute Gasteiger partial charge is 0.479 e. The molecule has 1 heterocycles. The van der Waals surface area contributed by atoms with Gasteiger partial charge in [-0.15, -0.1) is 0 Å². The molecule has 4 rings (SSSR count). The average molecular weight is 508 g/mol. The summed E-state index contributed by atoms with van der Waals surface area (Å²) in [6.45, 7) is 1.60. The standard InChI is InChI=1S/C23H16Cl2FNO5S/c1-12-8-13(21(26)23(28)29)9-18(25)22(12)32-15-4-7-19-17(10-15)20(11-27-19)33(30,31)16-5-2-14(24)3-6-16/h2-11,21,27H,1H3,(H,28,29). The molecule has 6 nitrogen and oxygen atoms in total. The van der Waals surface area contributed by atoms with E-state index >= 15 is 0 Å². The second-order valence-electron chi connectivity index (χ2n) is 7.27. The van der Waals surface area contributed by atoms with Crippen molar-refractivity contribution in [2.24, 2.45) is 0 Å². The van der Waals surface area contributed by atoms with E-state index in [1.165, 1.54) is 42.6 Å². The maximum Gasteiger partial charge on any atom is 0.343 e. The zero-order chi connectivity index (χ0) is 23.9. The minimum Gasteiger partial charge on any atom is -0.479 e. The third kappa shape index (κ3) is 4.42. The van der Waals surface area contributed by atoms with Crippen LogP contribution >= 0.6 is 23.2 Å². The van der Waals surface area contributed by atoms with Gasteiger partial charge in [0.2, 0.25) is 16.0 Å². The molecule has 2 N–H and O–H groups in total. The van der Waals surface area contributed by atoms with Crippen LogP contribution in [0.3, 0.4) is 0 Å². The first-order chi connectivity index (χ1) is 15.6. The van der Waals surface area contributed by atoms with Crippen LogP contribution in [-0.4, -0.2) is 24.5 Å². The van der Waals surface area contributed by atoms with Crippen LogP contribution in [-0.2, 0) is 14.6 Å². The lowest BCUT2D eigenvalue weighted by Crippen LogP contribution is -2.06. The van der Waals surface area contributed by atoms with Crippen LogP contribution in [0.5, 0.6) is 11.5 Å². The van der Waals surface area contributed by atoms with E-state index in [0.29, 0.717) is 27.2 Å². The predicted molar refractivity (Wildman–Crippen MR) is 123 cm³/mol. The summed E-state index contributed by atoms with van der Waals surface area (Å²) < 4.78 is 46.0. The number of hydrogen-bond donors (Lipinski definition) is 2. The molecule has 0 spiro atoms. The minimum atomic E-state index is -3.84. The van der Waals surface area contributed by atoms with Crippen molar-refractivity contribution in [3.8, 4) is 11.5 Å². The topological polar surface area (TPSA) is 96.5 Å². The first-order valence-corrected chi connectivity index (χ1v) is 11.8. The van der Waals surface area contributed by atoms with Crippen molar-refractivity contribution in [2.75, 3.05) is 0 Å². The number of fused-ring (bicyclic) bond motifs is 1. The van der Waals surface area contributed by atoms with Gasteiger partial charge >= 0.3 is 5.97 Å². The van der Waals surface area contributed by atoms with E-state index in [9.17, 15) is 17.6 Å². The Morgan fingerprint density at radius 1 is 1.09 bits per heavy atom. The highest BCUT2D eigenvalue weighted by Gasteiger charge is 2.23. The van der Waals surface area contributed by atoms with Crippen LogP contribution in [0.1, 0.15) is 17.3 Å². The number of carboxylic acid groups (broad SMARTS) is 1. The highest BCUT2D eigenvalue weighted by molar-refractivity contribution is 7.91. The number of nitrogens with one attached hydrogen (secondary N) is 1. The molecule has 0 saturated heterocycles. The molecular weight excluding hydrogens is 492 g/mol. The number of benzene rings is 3. The zero-order valence-electron chi connectivity index (χ0n) is 17.0. The van der Waals surface area contributed by atoms with E-state index < -0.39 is 22.0 Å². The van der Waals surface area contributed by atoms with Crippen LogP contribution < -0.4 is 4.74 Å². The molecule has 0 fully saturated rings. The van der Waals surface area contributed by atoms with Crippen molar-refractivity contribution < 1.29 is 27.4 Å². The van der Waals surface area contributed by atoms with Gasteiger partial charge < -0.3 is 14.8 Å². The summed E-state index contributed by atoms with van der Waals surface area (Å²) in [5, 5.41) is 9.73. The number of carboxylic acids is 1. The van der Waals surface area contributed by atoms with Crippen molar-refractivity contribution >= 4 is 49.9 Å².